The fourth-order valence-electron chi connectivity index (χ4n) is 12.0. The molecule has 7 aliphatic carbocycles. The molecular formula is C45H52N2. The third-order valence-electron chi connectivity index (χ3n) is 14.0. The van der Waals surface area contributed by atoms with Crippen molar-refractivity contribution >= 4 is 11.1 Å². The molecule has 2 aliphatic heterocycles. The lowest BCUT2D eigenvalue weighted by molar-refractivity contribution is 0.272. The molecule has 47 heavy (non-hydrogen) atoms. The van der Waals surface area contributed by atoms with Crippen molar-refractivity contribution in [3.05, 3.63) is 118 Å². The Morgan fingerprint density at radius 3 is 2.04 bits per heavy atom. The first kappa shape index (κ1) is 29.0. The lowest BCUT2D eigenvalue weighted by atomic mass is 9.64. The summed E-state index contributed by atoms with van der Waals surface area (Å²) in [7, 11) is 0. The summed E-state index contributed by atoms with van der Waals surface area (Å²) in [5.74, 6) is 4.14. The summed E-state index contributed by atoms with van der Waals surface area (Å²) in [4.78, 5) is 2.64. The molecule has 1 aromatic rings. The van der Waals surface area contributed by atoms with Crippen molar-refractivity contribution in [3.8, 4) is 0 Å². The molecule has 1 aromatic carbocycles. The van der Waals surface area contributed by atoms with Crippen LogP contribution in [0.25, 0.3) is 11.1 Å². The maximum atomic E-state index is 3.98. The number of hydrogen-bond donors (Lipinski definition) is 1. The summed E-state index contributed by atoms with van der Waals surface area (Å²) >= 11 is 0. The number of hydrogen-bond acceptors (Lipinski definition) is 2. The molecule has 2 nitrogen and oxygen atoms in total. The fourth-order valence-corrected chi connectivity index (χ4v) is 12.0. The van der Waals surface area contributed by atoms with E-state index in [1.165, 1.54) is 83.7 Å². The number of allylic oxidation sites excluding steroid dienone is 11. The third-order valence-corrected chi connectivity index (χ3v) is 14.0. The standard InChI is InChI=1S/C45H52N2/c1-3-13-29(14-4-1)41-35-19-7-8-20-36(35)42(30-15-5-2-6-16-30)45-38-25-24-33(34-21-12-22-37(43(34)38)44(41)45)31-17-11-18-32(27-31)39-28-47-26-10-9-23-40(47)46-39/h7-9,11-12,17-25,29-30,32,34,39-40,43-46H,1-6,10,13-16,26-28H2. The van der Waals surface area contributed by atoms with Gasteiger partial charge in [-0.3, -0.25) is 10.2 Å². The molecular weight excluding hydrogens is 569 g/mol. The molecule has 1 saturated heterocycles. The first-order valence-corrected chi connectivity index (χ1v) is 19.5. The van der Waals surface area contributed by atoms with Gasteiger partial charge in [0, 0.05) is 42.8 Å². The van der Waals surface area contributed by atoms with Crippen LogP contribution in [-0.4, -0.2) is 30.2 Å². The molecule has 9 aliphatic rings. The first-order valence-electron chi connectivity index (χ1n) is 19.5. The Labute approximate surface area is 282 Å². The molecule has 7 unspecified atom stereocenters. The van der Waals surface area contributed by atoms with Crippen molar-refractivity contribution < 1.29 is 0 Å². The van der Waals surface area contributed by atoms with Gasteiger partial charge in [-0.1, -0.05) is 146 Å². The molecule has 2 heteroatoms. The van der Waals surface area contributed by atoms with E-state index in [0.29, 0.717) is 41.8 Å². The molecule has 10 rings (SSSR count). The predicted molar refractivity (Wildman–Crippen MR) is 194 cm³/mol. The summed E-state index contributed by atoms with van der Waals surface area (Å²) < 4.78 is 0. The maximum Gasteiger partial charge on any atom is 0.0792 e. The second-order valence-corrected chi connectivity index (χ2v) is 16.3. The molecule has 0 bridgehead atoms. The van der Waals surface area contributed by atoms with Crippen molar-refractivity contribution in [2.24, 2.45) is 41.4 Å². The SMILES string of the molecule is C1=CC(C2CN3CCC=CC3N2)CC(C2=CC=C3C4C(=CC=CC24)C2C(C4CCCCC4)=c4ccccc4=C(C4CCCCC4)C32)=C1. The van der Waals surface area contributed by atoms with Crippen LogP contribution in [0.15, 0.2) is 107 Å². The fraction of sp³-hybridized carbons (Fsp3) is 0.511. The number of nitrogens with one attached hydrogen (secondary N) is 1. The molecule has 0 aromatic heterocycles. The van der Waals surface area contributed by atoms with Gasteiger partial charge in [-0.25, -0.2) is 0 Å². The second-order valence-electron chi connectivity index (χ2n) is 16.3. The Hall–Kier alpha value is -2.94. The van der Waals surface area contributed by atoms with Gasteiger partial charge in [0.2, 0.25) is 0 Å². The summed E-state index contributed by atoms with van der Waals surface area (Å²) in [6.07, 6.45) is 41.8. The van der Waals surface area contributed by atoms with Crippen LogP contribution in [0.2, 0.25) is 0 Å². The van der Waals surface area contributed by atoms with Crippen LogP contribution in [0.4, 0.5) is 0 Å². The van der Waals surface area contributed by atoms with E-state index >= 15 is 0 Å². The molecule has 1 N–H and O–H groups in total. The second kappa shape index (κ2) is 11.9. The van der Waals surface area contributed by atoms with Crippen LogP contribution in [0.3, 0.4) is 0 Å². The lowest BCUT2D eigenvalue weighted by Crippen LogP contribution is -2.43. The first-order chi connectivity index (χ1) is 23.3. The quantitative estimate of drug-likeness (QED) is 0.343. The highest BCUT2D eigenvalue weighted by molar-refractivity contribution is 5.75. The molecule has 0 amide bonds. The Kier molecular flexibility index (Phi) is 7.34. The van der Waals surface area contributed by atoms with Crippen LogP contribution < -0.4 is 15.8 Å². The summed E-state index contributed by atoms with van der Waals surface area (Å²) in [5.41, 5.74) is 10.4. The number of rotatable bonds is 4. The summed E-state index contributed by atoms with van der Waals surface area (Å²) in [6, 6.07) is 10.3. The van der Waals surface area contributed by atoms with Crippen LogP contribution in [-0.2, 0) is 0 Å². The zero-order chi connectivity index (χ0) is 30.9. The number of fused-ring (bicyclic) bond motifs is 5. The highest BCUT2D eigenvalue weighted by Crippen LogP contribution is 2.62. The number of nitrogens with zero attached hydrogens (tertiary/aromatic N) is 1. The zero-order valence-corrected chi connectivity index (χ0v) is 28.1. The Bertz CT molecular complexity index is 1780. The van der Waals surface area contributed by atoms with Crippen molar-refractivity contribution in [1.82, 2.24) is 10.2 Å². The van der Waals surface area contributed by atoms with Crippen LogP contribution in [0, 0.1) is 41.4 Å². The molecule has 3 saturated carbocycles. The van der Waals surface area contributed by atoms with Gasteiger partial charge in [0.15, 0.2) is 0 Å². The molecule has 242 valence electrons. The molecule has 2 heterocycles. The van der Waals surface area contributed by atoms with E-state index in [1.807, 2.05) is 11.1 Å². The Balaban J connectivity index is 1.05. The monoisotopic (exact) mass is 620 g/mol. The largest absolute Gasteiger partial charge is 0.294 e. The maximum absolute atomic E-state index is 3.98. The van der Waals surface area contributed by atoms with Gasteiger partial charge in [-0.15, -0.1) is 0 Å². The van der Waals surface area contributed by atoms with Gasteiger partial charge >= 0.3 is 0 Å². The van der Waals surface area contributed by atoms with E-state index in [-0.39, 0.29) is 0 Å². The molecule has 7 atom stereocenters. The minimum absolute atomic E-state index is 0.431. The van der Waals surface area contributed by atoms with Crippen molar-refractivity contribution in [3.63, 3.8) is 0 Å². The van der Waals surface area contributed by atoms with E-state index in [1.54, 1.807) is 32.7 Å². The zero-order valence-electron chi connectivity index (χ0n) is 28.1. The molecule has 4 fully saturated rings. The van der Waals surface area contributed by atoms with Crippen molar-refractivity contribution in [2.45, 2.75) is 89.3 Å². The highest BCUT2D eigenvalue weighted by Gasteiger charge is 2.53. The van der Waals surface area contributed by atoms with Gasteiger partial charge in [0.1, 0.15) is 0 Å². The average Bonchev–Trinajstić information content (AvgIpc) is 3.72. The van der Waals surface area contributed by atoms with Gasteiger partial charge in [-0.2, -0.15) is 0 Å². The van der Waals surface area contributed by atoms with Crippen molar-refractivity contribution in [1.29, 1.82) is 0 Å². The van der Waals surface area contributed by atoms with Crippen LogP contribution in [0.5, 0.6) is 0 Å². The van der Waals surface area contributed by atoms with Crippen LogP contribution in [0.1, 0.15) is 77.0 Å². The van der Waals surface area contributed by atoms with Gasteiger partial charge in [-0.05, 0) is 77.9 Å². The molecule has 0 radical (unpaired) electrons. The average molecular weight is 621 g/mol. The van der Waals surface area contributed by atoms with E-state index in [9.17, 15) is 0 Å². The summed E-state index contributed by atoms with van der Waals surface area (Å²) in [5, 5.41) is 7.26. The number of benzene rings is 1. The minimum atomic E-state index is 0.431. The van der Waals surface area contributed by atoms with E-state index in [4.69, 9.17) is 0 Å². The minimum Gasteiger partial charge on any atom is -0.294 e. The highest BCUT2D eigenvalue weighted by atomic mass is 15.3. The third kappa shape index (κ3) is 4.72. The normalized spacial score (nSPS) is 36.6. The van der Waals surface area contributed by atoms with E-state index < -0.39 is 0 Å². The predicted octanol–water partition coefficient (Wildman–Crippen LogP) is 8.07. The van der Waals surface area contributed by atoms with E-state index in [2.05, 4.69) is 95.2 Å². The summed E-state index contributed by atoms with van der Waals surface area (Å²) in [6.45, 7) is 2.36. The Morgan fingerprint density at radius 2 is 1.34 bits per heavy atom. The van der Waals surface area contributed by atoms with E-state index in [0.717, 1.165) is 18.3 Å². The smallest absolute Gasteiger partial charge is 0.0792 e. The van der Waals surface area contributed by atoms with Gasteiger partial charge in [0.05, 0.1) is 6.17 Å². The van der Waals surface area contributed by atoms with Crippen LogP contribution >= 0.6 is 0 Å². The topological polar surface area (TPSA) is 15.3 Å². The van der Waals surface area contributed by atoms with Crippen molar-refractivity contribution in [2.75, 3.05) is 13.1 Å². The lowest BCUT2D eigenvalue weighted by Gasteiger charge is -2.39. The van der Waals surface area contributed by atoms with Gasteiger partial charge < -0.3 is 0 Å². The Morgan fingerprint density at radius 1 is 0.660 bits per heavy atom. The van der Waals surface area contributed by atoms with Gasteiger partial charge in [0.25, 0.3) is 0 Å². The molecule has 0 spiro atoms.